The van der Waals surface area contributed by atoms with Gasteiger partial charge in [0.05, 0.1) is 23.5 Å². The Bertz CT molecular complexity index is 1190. The standard InChI is InChI=1S/C21H22N4O3S/c1-24-10-14(9-23-24)11-25-12-18-17-8-15(16-4-3-7-22-21(16)28-2)5-6-19(17)29(26,27)20(18)13-25/h3-10,18,20H,11-13H2,1-2H3/t18-,20+/m0/s1. The number of ether oxygens (including phenoxy) is 1. The normalized spacial score (nSPS) is 22.4. The van der Waals surface area contributed by atoms with Gasteiger partial charge >= 0.3 is 0 Å². The van der Waals surface area contributed by atoms with Crippen LogP contribution in [0.2, 0.25) is 0 Å². The molecule has 7 nitrogen and oxygen atoms in total. The molecule has 2 aliphatic rings. The molecule has 0 aliphatic carbocycles. The van der Waals surface area contributed by atoms with Gasteiger partial charge in [-0.3, -0.25) is 9.58 Å². The second kappa shape index (κ2) is 6.67. The molecule has 0 unspecified atom stereocenters. The molecule has 29 heavy (non-hydrogen) atoms. The SMILES string of the molecule is COc1ncccc1-c1ccc2c(c1)[C@@H]1CN(Cc3cnn(C)c3)C[C@H]1S2(=O)=O. The molecule has 0 saturated carbocycles. The number of pyridine rings is 1. The molecule has 5 rings (SSSR count). The molecular weight excluding hydrogens is 388 g/mol. The van der Waals surface area contributed by atoms with Crippen molar-refractivity contribution in [2.24, 2.45) is 7.05 Å². The third kappa shape index (κ3) is 2.94. The zero-order chi connectivity index (χ0) is 20.2. The molecule has 0 spiro atoms. The summed E-state index contributed by atoms with van der Waals surface area (Å²) in [5, 5.41) is 3.82. The number of methoxy groups -OCH3 is 1. The molecule has 3 aromatic rings. The fraction of sp³-hybridized carbons (Fsp3) is 0.333. The van der Waals surface area contributed by atoms with Gasteiger partial charge in [-0.15, -0.1) is 0 Å². The van der Waals surface area contributed by atoms with Crippen LogP contribution in [0, 0.1) is 0 Å². The van der Waals surface area contributed by atoms with Gasteiger partial charge in [-0.05, 0) is 35.4 Å². The van der Waals surface area contributed by atoms with Crippen LogP contribution in [0.25, 0.3) is 11.1 Å². The fourth-order valence-corrected chi connectivity index (χ4v) is 6.80. The molecule has 1 saturated heterocycles. The van der Waals surface area contributed by atoms with Crippen LogP contribution in [0.4, 0.5) is 0 Å². The molecule has 0 N–H and O–H groups in total. The third-order valence-electron chi connectivity index (χ3n) is 5.90. The van der Waals surface area contributed by atoms with E-state index in [1.54, 1.807) is 24.1 Å². The van der Waals surface area contributed by atoms with Gasteiger partial charge in [-0.25, -0.2) is 13.4 Å². The predicted molar refractivity (Wildman–Crippen MR) is 108 cm³/mol. The van der Waals surface area contributed by atoms with Crippen LogP contribution >= 0.6 is 0 Å². The third-order valence-corrected chi connectivity index (χ3v) is 8.16. The zero-order valence-corrected chi connectivity index (χ0v) is 17.1. The van der Waals surface area contributed by atoms with Crippen molar-refractivity contribution < 1.29 is 13.2 Å². The van der Waals surface area contributed by atoms with Crippen molar-refractivity contribution in [1.82, 2.24) is 19.7 Å². The molecule has 0 radical (unpaired) electrons. The van der Waals surface area contributed by atoms with Gasteiger partial charge in [0.1, 0.15) is 0 Å². The van der Waals surface area contributed by atoms with E-state index in [1.165, 1.54) is 0 Å². The number of benzene rings is 1. The topological polar surface area (TPSA) is 77.3 Å². The molecule has 2 aromatic heterocycles. The molecule has 2 aliphatic heterocycles. The molecule has 1 fully saturated rings. The van der Waals surface area contributed by atoms with Crippen LogP contribution in [-0.2, 0) is 23.4 Å². The Hall–Kier alpha value is -2.71. The van der Waals surface area contributed by atoms with Crippen molar-refractivity contribution in [3.63, 3.8) is 0 Å². The molecular formula is C21H22N4O3S. The Balaban J connectivity index is 1.50. The number of aryl methyl sites for hydroxylation is 1. The van der Waals surface area contributed by atoms with Crippen LogP contribution in [0.15, 0.2) is 53.8 Å². The van der Waals surface area contributed by atoms with Gasteiger partial charge in [-0.1, -0.05) is 6.07 Å². The van der Waals surface area contributed by atoms with Crippen molar-refractivity contribution in [3.8, 4) is 17.0 Å². The Labute approximate surface area is 169 Å². The van der Waals surface area contributed by atoms with Gasteiger partial charge in [-0.2, -0.15) is 5.10 Å². The lowest BCUT2D eigenvalue weighted by Gasteiger charge is -2.16. The summed E-state index contributed by atoms with van der Waals surface area (Å²) >= 11 is 0. The first-order valence-electron chi connectivity index (χ1n) is 9.54. The lowest BCUT2D eigenvalue weighted by Crippen LogP contribution is -2.25. The average Bonchev–Trinajstić information content (AvgIpc) is 3.38. The molecule has 8 heteroatoms. The number of hydrogen-bond donors (Lipinski definition) is 0. The van der Waals surface area contributed by atoms with E-state index in [0.717, 1.165) is 28.8 Å². The first-order valence-corrected chi connectivity index (χ1v) is 11.1. The molecule has 150 valence electrons. The molecule has 2 atom stereocenters. The molecule has 0 amide bonds. The number of sulfone groups is 1. The number of aromatic nitrogens is 3. The Morgan fingerprint density at radius 3 is 2.86 bits per heavy atom. The van der Waals surface area contributed by atoms with Crippen LogP contribution in [0.5, 0.6) is 5.88 Å². The summed E-state index contributed by atoms with van der Waals surface area (Å²) in [5.41, 5.74) is 3.80. The lowest BCUT2D eigenvalue weighted by molar-refractivity contribution is 0.325. The van der Waals surface area contributed by atoms with Crippen molar-refractivity contribution in [2.45, 2.75) is 22.6 Å². The monoisotopic (exact) mass is 410 g/mol. The minimum Gasteiger partial charge on any atom is -0.481 e. The van der Waals surface area contributed by atoms with E-state index in [-0.39, 0.29) is 11.2 Å². The average molecular weight is 410 g/mol. The Morgan fingerprint density at radius 1 is 1.24 bits per heavy atom. The van der Waals surface area contributed by atoms with Crippen molar-refractivity contribution in [1.29, 1.82) is 0 Å². The fourth-order valence-electron chi connectivity index (χ4n) is 4.61. The van der Waals surface area contributed by atoms with Gasteiger partial charge < -0.3 is 4.74 Å². The maximum atomic E-state index is 13.2. The molecule has 1 aromatic carbocycles. The zero-order valence-electron chi connectivity index (χ0n) is 16.3. The minimum atomic E-state index is -3.33. The molecule has 4 heterocycles. The van der Waals surface area contributed by atoms with E-state index < -0.39 is 9.84 Å². The second-order valence-corrected chi connectivity index (χ2v) is 9.85. The van der Waals surface area contributed by atoms with Crippen molar-refractivity contribution >= 4 is 9.84 Å². The number of rotatable bonds is 4. The summed E-state index contributed by atoms with van der Waals surface area (Å²) in [6.07, 6.45) is 5.50. The quantitative estimate of drug-likeness (QED) is 0.657. The minimum absolute atomic E-state index is 0.0192. The van der Waals surface area contributed by atoms with E-state index >= 15 is 0 Å². The summed E-state index contributed by atoms with van der Waals surface area (Å²) in [6.45, 7) is 1.98. The number of fused-ring (bicyclic) bond motifs is 3. The summed E-state index contributed by atoms with van der Waals surface area (Å²) < 4.78 is 33.5. The van der Waals surface area contributed by atoms with Gasteiger partial charge in [0.15, 0.2) is 9.84 Å². The van der Waals surface area contributed by atoms with Crippen molar-refractivity contribution in [2.75, 3.05) is 20.2 Å². The lowest BCUT2D eigenvalue weighted by atomic mass is 9.95. The van der Waals surface area contributed by atoms with Gasteiger partial charge in [0.2, 0.25) is 5.88 Å². The second-order valence-electron chi connectivity index (χ2n) is 7.72. The summed E-state index contributed by atoms with van der Waals surface area (Å²) in [6, 6.07) is 9.40. The highest BCUT2D eigenvalue weighted by Crippen LogP contribution is 2.46. The van der Waals surface area contributed by atoms with Crippen LogP contribution in [0.3, 0.4) is 0 Å². The van der Waals surface area contributed by atoms with E-state index in [0.29, 0.717) is 23.9 Å². The number of nitrogens with zero attached hydrogens (tertiary/aromatic N) is 4. The Kier molecular flexibility index (Phi) is 4.22. The molecule has 0 bridgehead atoms. The highest BCUT2D eigenvalue weighted by molar-refractivity contribution is 7.92. The first-order chi connectivity index (χ1) is 14.0. The summed E-state index contributed by atoms with van der Waals surface area (Å²) in [4.78, 5) is 6.95. The van der Waals surface area contributed by atoms with Crippen molar-refractivity contribution in [3.05, 3.63) is 60.0 Å². The Morgan fingerprint density at radius 2 is 2.10 bits per heavy atom. The van der Waals surface area contributed by atoms with Gasteiger partial charge in [0, 0.05) is 56.1 Å². The highest BCUT2D eigenvalue weighted by Gasteiger charge is 2.50. The largest absolute Gasteiger partial charge is 0.481 e. The highest BCUT2D eigenvalue weighted by atomic mass is 32.2. The van der Waals surface area contributed by atoms with Gasteiger partial charge in [0.25, 0.3) is 0 Å². The van der Waals surface area contributed by atoms with E-state index in [4.69, 9.17) is 4.74 Å². The van der Waals surface area contributed by atoms with E-state index in [2.05, 4.69) is 15.0 Å². The van der Waals surface area contributed by atoms with Crippen LogP contribution in [0.1, 0.15) is 17.0 Å². The number of likely N-dealkylation sites (tertiary alicyclic amines) is 1. The summed E-state index contributed by atoms with van der Waals surface area (Å²) in [7, 11) is 0.149. The smallest absolute Gasteiger partial charge is 0.221 e. The van der Waals surface area contributed by atoms with E-state index in [9.17, 15) is 8.42 Å². The van der Waals surface area contributed by atoms with E-state index in [1.807, 2.05) is 43.7 Å². The first kappa shape index (κ1) is 18.3. The maximum Gasteiger partial charge on any atom is 0.221 e. The number of hydrogen-bond acceptors (Lipinski definition) is 6. The predicted octanol–water partition coefficient (Wildman–Crippen LogP) is 2.25. The summed E-state index contributed by atoms with van der Waals surface area (Å²) in [5.74, 6) is 0.517. The van der Waals surface area contributed by atoms with Crippen LogP contribution in [-0.4, -0.2) is 53.5 Å². The van der Waals surface area contributed by atoms with Crippen LogP contribution < -0.4 is 4.74 Å². The maximum absolute atomic E-state index is 13.2.